The zero-order valence-corrected chi connectivity index (χ0v) is 21.2. The summed E-state index contributed by atoms with van der Waals surface area (Å²) in [6, 6.07) is 14.3. The third kappa shape index (κ3) is 4.39. The SMILES string of the molecule is Cc1noc(C)c1-c1ccc2c(c1)nc([C@H](C)Cc1ccc(Cl)cc1)n2C1CCS(=O)(=O)CC1. The van der Waals surface area contributed by atoms with Gasteiger partial charge < -0.3 is 9.09 Å². The Morgan fingerprint density at radius 3 is 2.47 bits per heavy atom. The van der Waals surface area contributed by atoms with E-state index in [1.807, 2.05) is 26.0 Å². The van der Waals surface area contributed by atoms with E-state index in [0.29, 0.717) is 12.8 Å². The number of benzene rings is 2. The third-order valence-corrected chi connectivity index (χ3v) is 8.79. The van der Waals surface area contributed by atoms with Gasteiger partial charge in [-0.2, -0.15) is 0 Å². The van der Waals surface area contributed by atoms with Gasteiger partial charge in [0.1, 0.15) is 21.4 Å². The third-order valence-electron chi connectivity index (χ3n) is 6.82. The van der Waals surface area contributed by atoms with Gasteiger partial charge in [-0.3, -0.25) is 0 Å². The van der Waals surface area contributed by atoms with Crippen LogP contribution >= 0.6 is 11.6 Å². The van der Waals surface area contributed by atoms with Crippen LogP contribution in [0.2, 0.25) is 5.02 Å². The average Bonchev–Trinajstić information content (AvgIpc) is 3.34. The van der Waals surface area contributed by atoms with E-state index < -0.39 is 9.84 Å². The van der Waals surface area contributed by atoms with Crippen LogP contribution in [-0.2, 0) is 16.3 Å². The first-order valence-electron chi connectivity index (χ1n) is 11.6. The summed E-state index contributed by atoms with van der Waals surface area (Å²) in [5.74, 6) is 2.36. The molecule has 1 saturated heterocycles. The lowest BCUT2D eigenvalue weighted by atomic mass is 9.99. The summed E-state index contributed by atoms with van der Waals surface area (Å²) in [5, 5.41) is 4.82. The number of sulfone groups is 1. The number of rotatable bonds is 5. The van der Waals surface area contributed by atoms with Crippen LogP contribution in [0.15, 0.2) is 47.0 Å². The van der Waals surface area contributed by atoms with Crippen LogP contribution in [0.4, 0.5) is 0 Å². The van der Waals surface area contributed by atoms with Crippen LogP contribution in [0.25, 0.3) is 22.2 Å². The van der Waals surface area contributed by atoms with Crippen LogP contribution in [0.1, 0.15) is 54.6 Å². The number of halogens is 1. The minimum Gasteiger partial charge on any atom is -0.361 e. The van der Waals surface area contributed by atoms with E-state index in [2.05, 4.69) is 47.0 Å². The molecule has 1 fully saturated rings. The van der Waals surface area contributed by atoms with E-state index in [9.17, 15) is 8.42 Å². The number of hydrogen-bond acceptors (Lipinski definition) is 5. The van der Waals surface area contributed by atoms with Gasteiger partial charge in [0.2, 0.25) is 0 Å². The largest absolute Gasteiger partial charge is 0.361 e. The van der Waals surface area contributed by atoms with Gasteiger partial charge in [0.25, 0.3) is 0 Å². The normalized spacial score (nSPS) is 17.3. The lowest BCUT2D eigenvalue weighted by Gasteiger charge is -2.27. The van der Waals surface area contributed by atoms with Crippen molar-refractivity contribution in [2.24, 2.45) is 0 Å². The Kier molecular flexibility index (Phi) is 6.02. The summed E-state index contributed by atoms with van der Waals surface area (Å²) in [6.45, 7) is 6.04. The minimum atomic E-state index is -2.96. The number of imidazole rings is 1. The van der Waals surface area contributed by atoms with E-state index in [4.69, 9.17) is 21.1 Å². The molecule has 34 heavy (non-hydrogen) atoms. The van der Waals surface area contributed by atoms with E-state index in [1.54, 1.807) is 0 Å². The minimum absolute atomic E-state index is 0.112. The Balaban J connectivity index is 1.59. The molecule has 8 heteroatoms. The van der Waals surface area contributed by atoms with Crippen LogP contribution in [0, 0.1) is 13.8 Å². The lowest BCUT2D eigenvalue weighted by Crippen LogP contribution is -2.27. The zero-order chi connectivity index (χ0) is 24.0. The summed E-state index contributed by atoms with van der Waals surface area (Å²) >= 11 is 6.07. The zero-order valence-electron chi connectivity index (χ0n) is 19.6. The highest BCUT2D eigenvalue weighted by Gasteiger charge is 2.29. The molecule has 0 aliphatic carbocycles. The predicted molar refractivity (Wildman–Crippen MR) is 135 cm³/mol. The summed E-state index contributed by atoms with van der Waals surface area (Å²) in [6.07, 6.45) is 2.04. The highest BCUT2D eigenvalue weighted by atomic mass is 35.5. The first-order chi connectivity index (χ1) is 16.2. The molecule has 178 valence electrons. The van der Waals surface area contributed by atoms with Gasteiger partial charge in [-0.25, -0.2) is 13.4 Å². The highest BCUT2D eigenvalue weighted by Crippen LogP contribution is 2.36. The Morgan fingerprint density at radius 2 is 1.82 bits per heavy atom. The van der Waals surface area contributed by atoms with Crippen molar-refractivity contribution in [3.63, 3.8) is 0 Å². The number of aromatic nitrogens is 3. The van der Waals surface area contributed by atoms with Crippen molar-refractivity contribution < 1.29 is 12.9 Å². The van der Waals surface area contributed by atoms with Gasteiger partial charge in [0.05, 0.1) is 28.2 Å². The molecule has 0 unspecified atom stereocenters. The fourth-order valence-corrected chi connectivity index (χ4v) is 6.69. The van der Waals surface area contributed by atoms with Gasteiger partial charge in [-0.1, -0.05) is 41.9 Å². The molecule has 4 aromatic rings. The molecular weight excluding hydrogens is 470 g/mol. The van der Waals surface area contributed by atoms with Gasteiger partial charge >= 0.3 is 0 Å². The van der Waals surface area contributed by atoms with Crippen LogP contribution in [0.5, 0.6) is 0 Å². The fourth-order valence-electron chi connectivity index (χ4n) is 5.10. The highest BCUT2D eigenvalue weighted by molar-refractivity contribution is 7.91. The molecule has 0 saturated carbocycles. The molecule has 0 radical (unpaired) electrons. The Bertz CT molecular complexity index is 1420. The molecule has 1 atom stereocenters. The van der Waals surface area contributed by atoms with E-state index in [0.717, 1.165) is 50.9 Å². The first-order valence-corrected chi connectivity index (χ1v) is 13.8. The summed E-state index contributed by atoms with van der Waals surface area (Å²) < 4.78 is 31.9. The molecule has 1 aliphatic rings. The fraction of sp³-hybridized carbons (Fsp3) is 0.385. The quantitative estimate of drug-likeness (QED) is 0.335. The van der Waals surface area contributed by atoms with Gasteiger partial charge in [0.15, 0.2) is 0 Å². The summed E-state index contributed by atoms with van der Waals surface area (Å²) in [4.78, 5) is 5.10. The van der Waals surface area contributed by atoms with Crippen molar-refractivity contribution >= 4 is 32.5 Å². The smallest absolute Gasteiger partial charge is 0.150 e. The second-order valence-corrected chi connectivity index (χ2v) is 12.1. The van der Waals surface area contributed by atoms with Crippen molar-refractivity contribution in [3.8, 4) is 11.1 Å². The number of nitrogens with zero attached hydrogens (tertiary/aromatic N) is 3. The van der Waals surface area contributed by atoms with Crippen molar-refractivity contribution in [1.82, 2.24) is 14.7 Å². The molecule has 0 amide bonds. The lowest BCUT2D eigenvalue weighted by molar-refractivity contribution is 0.393. The van der Waals surface area contributed by atoms with Crippen LogP contribution < -0.4 is 0 Å². The Labute approximate surface area is 204 Å². The topological polar surface area (TPSA) is 78.0 Å². The predicted octanol–water partition coefficient (Wildman–Crippen LogP) is 6.06. The van der Waals surface area contributed by atoms with Crippen molar-refractivity contribution in [1.29, 1.82) is 0 Å². The van der Waals surface area contributed by atoms with Gasteiger partial charge in [0, 0.05) is 22.5 Å². The summed E-state index contributed by atoms with van der Waals surface area (Å²) in [7, 11) is -2.96. The maximum absolute atomic E-state index is 12.1. The maximum atomic E-state index is 12.1. The molecule has 6 nitrogen and oxygen atoms in total. The van der Waals surface area contributed by atoms with Crippen molar-refractivity contribution in [3.05, 3.63) is 70.3 Å². The number of fused-ring (bicyclic) bond motifs is 1. The van der Waals surface area contributed by atoms with Crippen LogP contribution in [-0.4, -0.2) is 34.6 Å². The number of hydrogen-bond donors (Lipinski definition) is 0. The second kappa shape index (κ2) is 8.86. The van der Waals surface area contributed by atoms with E-state index >= 15 is 0 Å². The Hall–Kier alpha value is -2.64. The second-order valence-electron chi connectivity index (χ2n) is 9.36. The molecule has 0 bridgehead atoms. The summed E-state index contributed by atoms with van der Waals surface area (Å²) in [5.41, 5.74) is 6.01. The standard InChI is InChI=1S/C26H28ClN3O3S/c1-16(14-19-4-7-21(27)8-5-19)26-28-23-15-20(25-17(2)29-33-18(25)3)6-9-24(23)30(26)22-10-12-34(31,32)13-11-22/h4-9,15-16,22H,10-14H2,1-3H3/t16-/m1/s1. The average molecular weight is 498 g/mol. The van der Waals surface area contributed by atoms with Crippen molar-refractivity contribution in [2.75, 3.05) is 11.5 Å². The van der Waals surface area contributed by atoms with E-state index in [1.165, 1.54) is 5.56 Å². The Morgan fingerprint density at radius 1 is 1.12 bits per heavy atom. The van der Waals surface area contributed by atoms with Gasteiger partial charge in [-0.05, 0) is 68.5 Å². The first kappa shape index (κ1) is 23.1. The molecule has 2 aromatic carbocycles. The molecule has 3 heterocycles. The van der Waals surface area contributed by atoms with Gasteiger partial charge in [-0.15, -0.1) is 0 Å². The molecule has 0 spiro atoms. The molecule has 0 N–H and O–H groups in total. The van der Waals surface area contributed by atoms with E-state index in [-0.39, 0.29) is 23.5 Å². The molecule has 2 aromatic heterocycles. The van der Waals surface area contributed by atoms with Crippen molar-refractivity contribution in [2.45, 2.75) is 52.0 Å². The molecule has 1 aliphatic heterocycles. The van der Waals surface area contributed by atoms with Crippen LogP contribution in [0.3, 0.4) is 0 Å². The molecular formula is C26H28ClN3O3S. The number of aryl methyl sites for hydroxylation is 2. The maximum Gasteiger partial charge on any atom is 0.150 e. The monoisotopic (exact) mass is 497 g/mol. The molecule has 5 rings (SSSR count).